The van der Waals surface area contributed by atoms with E-state index in [0.717, 1.165) is 40.3 Å². The number of pyridine rings is 1. The molecule has 0 aliphatic rings. The highest BCUT2D eigenvalue weighted by atomic mass is 79.9. The number of nitrogens with one attached hydrogen (secondary N) is 1. The van der Waals surface area contributed by atoms with Gasteiger partial charge in [-0.05, 0) is 58.2 Å². The van der Waals surface area contributed by atoms with Gasteiger partial charge in [0.2, 0.25) is 0 Å². The summed E-state index contributed by atoms with van der Waals surface area (Å²) in [4.78, 5) is 4.28. The fourth-order valence-corrected chi connectivity index (χ4v) is 2.27. The Balaban J connectivity index is 1.99. The van der Waals surface area contributed by atoms with Crippen molar-refractivity contribution in [2.75, 3.05) is 19.0 Å². The van der Waals surface area contributed by atoms with E-state index < -0.39 is 0 Å². The number of hydrogen-bond donors (Lipinski definition) is 1. The van der Waals surface area contributed by atoms with Gasteiger partial charge in [0.05, 0.1) is 11.6 Å². The number of hydrogen-bond acceptors (Lipinski definition) is 4. The van der Waals surface area contributed by atoms with E-state index in [1.165, 1.54) is 0 Å². The molecule has 0 fully saturated rings. The molecule has 2 aromatic rings. The van der Waals surface area contributed by atoms with Crippen molar-refractivity contribution in [1.29, 1.82) is 0 Å². The zero-order valence-corrected chi connectivity index (χ0v) is 13.8. The average molecular weight is 351 g/mol. The Kier molecular flexibility index (Phi) is 5.87. The first kappa shape index (κ1) is 15.6. The zero-order valence-electron chi connectivity index (χ0n) is 12.2. The molecular formula is C16H19BrN2O2. The summed E-state index contributed by atoms with van der Waals surface area (Å²) in [6.45, 7) is 3.54. The smallest absolute Gasteiger partial charge is 0.134 e. The van der Waals surface area contributed by atoms with Crippen LogP contribution in [0.2, 0.25) is 0 Å². The van der Waals surface area contributed by atoms with Gasteiger partial charge in [-0.2, -0.15) is 0 Å². The van der Waals surface area contributed by atoms with Crippen LogP contribution in [0.15, 0.2) is 41.0 Å². The summed E-state index contributed by atoms with van der Waals surface area (Å²) in [6, 6.07) is 9.61. The summed E-state index contributed by atoms with van der Waals surface area (Å²) in [6.07, 6.45) is 2.86. The molecule has 21 heavy (non-hydrogen) atoms. The van der Waals surface area contributed by atoms with Crippen molar-refractivity contribution in [3.8, 4) is 11.5 Å². The molecule has 1 aromatic carbocycles. The highest BCUT2D eigenvalue weighted by Gasteiger charge is 2.04. The van der Waals surface area contributed by atoms with Gasteiger partial charge in [-0.15, -0.1) is 0 Å². The first-order valence-corrected chi connectivity index (χ1v) is 7.67. The Morgan fingerprint density at radius 1 is 1.24 bits per heavy atom. The molecule has 2 rings (SSSR count). The minimum atomic E-state index is 0.494. The summed E-state index contributed by atoms with van der Waals surface area (Å²) < 4.78 is 11.9. The molecule has 4 nitrogen and oxygen atoms in total. The minimum Gasteiger partial charge on any atom is -0.497 e. The van der Waals surface area contributed by atoms with Gasteiger partial charge in [-0.25, -0.2) is 4.98 Å². The van der Waals surface area contributed by atoms with Crippen molar-refractivity contribution in [3.05, 3.63) is 46.6 Å². The lowest BCUT2D eigenvalue weighted by Gasteiger charge is -2.10. The Morgan fingerprint density at radius 3 is 2.81 bits per heavy atom. The number of benzene rings is 1. The van der Waals surface area contributed by atoms with Gasteiger partial charge in [-0.3, -0.25) is 0 Å². The quantitative estimate of drug-likeness (QED) is 0.810. The number of nitrogens with zero attached hydrogens (tertiary/aromatic N) is 1. The van der Waals surface area contributed by atoms with Gasteiger partial charge < -0.3 is 14.8 Å². The van der Waals surface area contributed by atoms with E-state index in [0.29, 0.717) is 6.61 Å². The van der Waals surface area contributed by atoms with Crippen LogP contribution in [-0.2, 0) is 6.61 Å². The summed E-state index contributed by atoms with van der Waals surface area (Å²) >= 11 is 3.48. The molecule has 0 saturated heterocycles. The second kappa shape index (κ2) is 7.88. The lowest BCUT2D eigenvalue weighted by atomic mass is 10.2. The number of ether oxygens (including phenoxy) is 2. The first-order valence-electron chi connectivity index (χ1n) is 6.88. The van der Waals surface area contributed by atoms with E-state index in [1.807, 2.05) is 30.3 Å². The third-order valence-electron chi connectivity index (χ3n) is 2.91. The summed E-state index contributed by atoms with van der Waals surface area (Å²) in [5, 5.41) is 3.27. The maximum atomic E-state index is 5.82. The van der Waals surface area contributed by atoms with Crippen LogP contribution in [0.5, 0.6) is 11.5 Å². The highest BCUT2D eigenvalue weighted by Crippen LogP contribution is 2.29. The second-order valence-electron chi connectivity index (χ2n) is 4.56. The van der Waals surface area contributed by atoms with Gasteiger partial charge >= 0.3 is 0 Å². The van der Waals surface area contributed by atoms with Crippen LogP contribution >= 0.6 is 15.9 Å². The number of anilines is 1. The Bertz CT molecular complexity index is 590. The molecule has 0 spiro atoms. The van der Waals surface area contributed by atoms with Crippen molar-refractivity contribution >= 4 is 21.7 Å². The van der Waals surface area contributed by atoms with Gasteiger partial charge in [0.1, 0.15) is 23.9 Å². The maximum Gasteiger partial charge on any atom is 0.134 e. The topological polar surface area (TPSA) is 43.4 Å². The molecule has 0 radical (unpaired) electrons. The SMILES string of the molecule is CCCNc1cc(COc2ccc(OC)cc2Br)ccn1. The minimum absolute atomic E-state index is 0.494. The lowest BCUT2D eigenvalue weighted by molar-refractivity contribution is 0.303. The molecule has 0 aliphatic heterocycles. The van der Waals surface area contributed by atoms with Crippen LogP contribution in [0.1, 0.15) is 18.9 Å². The van der Waals surface area contributed by atoms with E-state index >= 15 is 0 Å². The fraction of sp³-hybridized carbons (Fsp3) is 0.312. The molecule has 1 N–H and O–H groups in total. The van der Waals surface area contributed by atoms with Crippen LogP contribution in [-0.4, -0.2) is 18.6 Å². The number of rotatable bonds is 7. The number of halogens is 1. The van der Waals surface area contributed by atoms with E-state index in [9.17, 15) is 0 Å². The molecule has 112 valence electrons. The van der Waals surface area contributed by atoms with E-state index in [4.69, 9.17) is 9.47 Å². The molecule has 1 aromatic heterocycles. The van der Waals surface area contributed by atoms with Gasteiger partial charge in [0.25, 0.3) is 0 Å². The average Bonchev–Trinajstić information content (AvgIpc) is 2.52. The molecule has 0 bridgehead atoms. The van der Waals surface area contributed by atoms with Crippen molar-refractivity contribution in [2.24, 2.45) is 0 Å². The Morgan fingerprint density at radius 2 is 2.10 bits per heavy atom. The summed E-state index contributed by atoms with van der Waals surface area (Å²) in [7, 11) is 1.64. The number of methoxy groups -OCH3 is 1. The zero-order chi connectivity index (χ0) is 15.1. The van der Waals surface area contributed by atoms with Crippen molar-refractivity contribution in [1.82, 2.24) is 4.98 Å². The molecule has 0 atom stereocenters. The Hall–Kier alpha value is -1.75. The summed E-state index contributed by atoms with van der Waals surface area (Å²) in [5.41, 5.74) is 1.08. The van der Waals surface area contributed by atoms with Gasteiger partial charge in [0, 0.05) is 12.7 Å². The van der Waals surface area contributed by atoms with Gasteiger partial charge in [-0.1, -0.05) is 6.92 Å². The van der Waals surface area contributed by atoms with Crippen LogP contribution in [0.25, 0.3) is 0 Å². The van der Waals surface area contributed by atoms with Crippen LogP contribution in [0, 0.1) is 0 Å². The molecule has 0 saturated carbocycles. The normalized spacial score (nSPS) is 10.2. The predicted octanol–water partition coefficient (Wildman–Crippen LogP) is 4.25. The summed E-state index contributed by atoms with van der Waals surface area (Å²) in [5.74, 6) is 2.46. The van der Waals surface area contributed by atoms with E-state index in [1.54, 1.807) is 13.3 Å². The molecule has 0 aliphatic carbocycles. The second-order valence-corrected chi connectivity index (χ2v) is 5.42. The number of aromatic nitrogens is 1. The highest BCUT2D eigenvalue weighted by molar-refractivity contribution is 9.10. The van der Waals surface area contributed by atoms with Crippen molar-refractivity contribution < 1.29 is 9.47 Å². The molecule has 1 heterocycles. The van der Waals surface area contributed by atoms with Crippen LogP contribution in [0.4, 0.5) is 5.82 Å². The van der Waals surface area contributed by atoms with Crippen LogP contribution < -0.4 is 14.8 Å². The molecule has 5 heteroatoms. The molecule has 0 unspecified atom stereocenters. The first-order chi connectivity index (χ1) is 10.2. The van der Waals surface area contributed by atoms with Crippen LogP contribution in [0.3, 0.4) is 0 Å². The van der Waals surface area contributed by atoms with E-state index in [2.05, 4.69) is 33.2 Å². The Labute approximate surface area is 133 Å². The molecule has 0 amide bonds. The predicted molar refractivity (Wildman–Crippen MR) is 88.0 cm³/mol. The van der Waals surface area contributed by atoms with E-state index in [-0.39, 0.29) is 0 Å². The van der Waals surface area contributed by atoms with Gasteiger partial charge in [0.15, 0.2) is 0 Å². The van der Waals surface area contributed by atoms with Crippen molar-refractivity contribution in [3.63, 3.8) is 0 Å². The lowest BCUT2D eigenvalue weighted by Crippen LogP contribution is -2.03. The molecular weight excluding hydrogens is 332 g/mol. The standard InChI is InChI=1S/C16H19BrN2O2/c1-3-7-18-16-9-12(6-8-19-16)11-21-15-5-4-13(20-2)10-14(15)17/h4-6,8-10H,3,7,11H2,1-2H3,(H,18,19). The third-order valence-corrected chi connectivity index (χ3v) is 3.53. The fourth-order valence-electron chi connectivity index (χ4n) is 1.80. The third kappa shape index (κ3) is 4.63. The van der Waals surface area contributed by atoms with Crippen molar-refractivity contribution in [2.45, 2.75) is 20.0 Å². The largest absolute Gasteiger partial charge is 0.497 e. The maximum absolute atomic E-state index is 5.82. The monoisotopic (exact) mass is 350 g/mol.